The summed E-state index contributed by atoms with van der Waals surface area (Å²) in [6.07, 6.45) is 4.66. The third-order valence-electron chi connectivity index (χ3n) is 2.71. The van der Waals surface area contributed by atoms with Gasteiger partial charge in [0.2, 0.25) is 0 Å². The SMILES string of the molecule is CCN(CC)P1OC2=C(CCCC2)O1. The smallest absolute Gasteiger partial charge is 0.384 e. The first-order valence-electron chi connectivity index (χ1n) is 5.48. The lowest BCUT2D eigenvalue weighted by Gasteiger charge is -2.21. The van der Waals surface area contributed by atoms with E-state index in [1.165, 1.54) is 12.8 Å². The molecule has 80 valence electrons. The highest BCUT2D eigenvalue weighted by Gasteiger charge is 2.33. The van der Waals surface area contributed by atoms with Crippen LogP contribution in [0.5, 0.6) is 0 Å². The minimum Gasteiger partial charge on any atom is -0.428 e. The molecule has 0 spiro atoms. The van der Waals surface area contributed by atoms with Gasteiger partial charge in [-0.25, -0.2) is 4.67 Å². The maximum Gasteiger partial charge on any atom is 0.384 e. The summed E-state index contributed by atoms with van der Waals surface area (Å²) < 4.78 is 14.0. The summed E-state index contributed by atoms with van der Waals surface area (Å²) in [6.45, 7) is 6.30. The Balaban J connectivity index is 1.96. The van der Waals surface area contributed by atoms with Crippen molar-refractivity contribution in [2.24, 2.45) is 0 Å². The highest BCUT2D eigenvalue weighted by Crippen LogP contribution is 2.55. The molecule has 0 atom stereocenters. The molecule has 2 aliphatic rings. The molecule has 2 rings (SSSR count). The Labute approximate surface area is 87.0 Å². The maximum atomic E-state index is 5.86. The monoisotopic (exact) mass is 215 g/mol. The van der Waals surface area contributed by atoms with Crippen LogP contribution < -0.4 is 0 Å². The lowest BCUT2D eigenvalue weighted by molar-refractivity contribution is 0.340. The topological polar surface area (TPSA) is 21.7 Å². The molecule has 0 saturated heterocycles. The summed E-state index contributed by atoms with van der Waals surface area (Å²) in [5, 5.41) is 0. The van der Waals surface area contributed by atoms with Crippen molar-refractivity contribution in [2.75, 3.05) is 13.1 Å². The second-order valence-corrected chi connectivity index (χ2v) is 5.02. The quantitative estimate of drug-likeness (QED) is 0.673. The molecule has 4 heteroatoms. The van der Waals surface area contributed by atoms with Crippen LogP contribution in [-0.4, -0.2) is 17.8 Å². The van der Waals surface area contributed by atoms with Crippen LogP contribution >= 0.6 is 8.53 Å². The van der Waals surface area contributed by atoms with Crippen LogP contribution in [0.4, 0.5) is 0 Å². The third kappa shape index (κ3) is 1.89. The van der Waals surface area contributed by atoms with Gasteiger partial charge in [-0.3, -0.25) is 0 Å². The van der Waals surface area contributed by atoms with E-state index < -0.39 is 8.53 Å². The van der Waals surface area contributed by atoms with Gasteiger partial charge < -0.3 is 9.05 Å². The lowest BCUT2D eigenvalue weighted by atomic mass is 10.1. The fourth-order valence-corrected chi connectivity index (χ4v) is 3.31. The molecule has 3 nitrogen and oxygen atoms in total. The summed E-state index contributed by atoms with van der Waals surface area (Å²) in [5.74, 6) is 2.27. The van der Waals surface area contributed by atoms with E-state index in [-0.39, 0.29) is 0 Å². The van der Waals surface area contributed by atoms with Crippen molar-refractivity contribution < 1.29 is 9.05 Å². The number of nitrogens with zero attached hydrogens (tertiary/aromatic N) is 1. The number of allylic oxidation sites excluding steroid dienone is 2. The summed E-state index contributed by atoms with van der Waals surface area (Å²) in [6, 6.07) is 0. The molecule has 0 radical (unpaired) electrons. The lowest BCUT2D eigenvalue weighted by Crippen LogP contribution is -2.16. The van der Waals surface area contributed by atoms with Crippen molar-refractivity contribution in [3.05, 3.63) is 11.5 Å². The molecular formula is C10H18NO2P. The third-order valence-corrected chi connectivity index (χ3v) is 4.49. The zero-order valence-electron chi connectivity index (χ0n) is 8.95. The van der Waals surface area contributed by atoms with E-state index in [1.807, 2.05) is 0 Å². The molecule has 0 unspecified atom stereocenters. The summed E-state index contributed by atoms with van der Waals surface area (Å²) in [4.78, 5) is 0. The van der Waals surface area contributed by atoms with Crippen molar-refractivity contribution in [1.29, 1.82) is 0 Å². The predicted octanol–water partition coefficient (Wildman–Crippen LogP) is 3.39. The van der Waals surface area contributed by atoms with Crippen LogP contribution in [0.25, 0.3) is 0 Å². The van der Waals surface area contributed by atoms with E-state index in [0.717, 1.165) is 37.4 Å². The second-order valence-electron chi connectivity index (χ2n) is 3.61. The van der Waals surface area contributed by atoms with Crippen molar-refractivity contribution >= 4 is 8.53 Å². The van der Waals surface area contributed by atoms with E-state index in [2.05, 4.69) is 18.5 Å². The van der Waals surface area contributed by atoms with Gasteiger partial charge in [0.15, 0.2) is 0 Å². The van der Waals surface area contributed by atoms with Crippen molar-refractivity contribution in [1.82, 2.24) is 4.67 Å². The molecule has 1 aliphatic carbocycles. The first kappa shape index (κ1) is 10.3. The molecule has 0 N–H and O–H groups in total. The number of hydrogen-bond acceptors (Lipinski definition) is 3. The molecule has 0 amide bonds. The van der Waals surface area contributed by atoms with Gasteiger partial charge in [-0.15, -0.1) is 0 Å². The molecule has 0 aromatic heterocycles. The largest absolute Gasteiger partial charge is 0.428 e. The zero-order valence-corrected chi connectivity index (χ0v) is 9.85. The Morgan fingerprint density at radius 3 is 2.00 bits per heavy atom. The van der Waals surface area contributed by atoms with Gasteiger partial charge in [-0.2, -0.15) is 0 Å². The molecule has 1 aliphatic heterocycles. The molecule has 0 aromatic rings. The predicted molar refractivity (Wildman–Crippen MR) is 57.5 cm³/mol. The first-order valence-corrected chi connectivity index (χ1v) is 6.61. The Morgan fingerprint density at radius 2 is 1.57 bits per heavy atom. The second kappa shape index (κ2) is 4.50. The van der Waals surface area contributed by atoms with E-state index in [9.17, 15) is 0 Å². The highest BCUT2D eigenvalue weighted by atomic mass is 31.2. The Kier molecular flexibility index (Phi) is 3.30. The van der Waals surface area contributed by atoms with Gasteiger partial charge in [-0.05, 0) is 12.8 Å². The summed E-state index contributed by atoms with van der Waals surface area (Å²) in [5.41, 5.74) is 0. The van der Waals surface area contributed by atoms with Gasteiger partial charge in [0, 0.05) is 25.9 Å². The van der Waals surface area contributed by atoms with Crippen molar-refractivity contribution in [3.63, 3.8) is 0 Å². The molecule has 0 aromatic carbocycles. The average Bonchev–Trinajstić information content (AvgIpc) is 2.63. The standard InChI is InChI=1S/C10H18NO2P/c1-3-11(4-2)14-12-9-7-5-6-8-10(9)13-14/h3-8H2,1-2H3. The van der Waals surface area contributed by atoms with Crippen LogP contribution in [0, 0.1) is 0 Å². The van der Waals surface area contributed by atoms with E-state index in [1.54, 1.807) is 0 Å². The minimum atomic E-state index is -0.800. The number of hydrogen-bond donors (Lipinski definition) is 0. The Morgan fingerprint density at radius 1 is 1.07 bits per heavy atom. The van der Waals surface area contributed by atoms with Gasteiger partial charge in [-0.1, -0.05) is 13.8 Å². The van der Waals surface area contributed by atoms with Gasteiger partial charge in [0.05, 0.1) is 0 Å². The van der Waals surface area contributed by atoms with Crippen molar-refractivity contribution in [3.8, 4) is 0 Å². The number of rotatable bonds is 3. The first-order chi connectivity index (χ1) is 6.85. The van der Waals surface area contributed by atoms with E-state index in [0.29, 0.717) is 0 Å². The fourth-order valence-electron chi connectivity index (χ4n) is 1.82. The fraction of sp³-hybridized carbons (Fsp3) is 0.800. The Bertz CT molecular complexity index is 220. The van der Waals surface area contributed by atoms with Crippen LogP contribution in [0.1, 0.15) is 39.5 Å². The molecule has 14 heavy (non-hydrogen) atoms. The van der Waals surface area contributed by atoms with E-state index in [4.69, 9.17) is 9.05 Å². The molecular weight excluding hydrogens is 197 g/mol. The normalized spacial score (nSPS) is 22.2. The summed E-state index contributed by atoms with van der Waals surface area (Å²) >= 11 is 0. The van der Waals surface area contributed by atoms with E-state index >= 15 is 0 Å². The summed E-state index contributed by atoms with van der Waals surface area (Å²) in [7, 11) is -0.800. The molecule has 0 saturated carbocycles. The van der Waals surface area contributed by atoms with Crippen LogP contribution in [0.15, 0.2) is 11.5 Å². The highest BCUT2D eigenvalue weighted by molar-refractivity contribution is 7.45. The molecule has 0 fully saturated rings. The minimum absolute atomic E-state index is 0.800. The Hall–Kier alpha value is -0.270. The van der Waals surface area contributed by atoms with Crippen LogP contribution in [0.2, 0.25) is 0 Å². The van der Waals surface area contributed by atoms with Crippen molar-refractivity contribution in [2.45, 2.75) is 39.5 Å². The van der Waals surface area contributed by atoms with Crippen LogP contribution in [0.3, 0.4) is 0 Å². The molecule has 1 heterocycles. The average molecular weight is 215 g/mol. The van der Waals surface area contributed by atoms with Gasteiger partial charge in [0.25, 0.3) is 0 Å². The molecule has 0 bridgehead atoms. The van der Waals surface area contributed by atoms with Gasteiger partial charge >= 0.3 is 8.53 Å². The van der Waals surface area contributed by atoms with Crippen LogP contribution in [-0.2, 0) is 9.05 Å². The van der Waals surface area contributed by atoms with Gasteiger partial charge in [0.1, 0.15) is 11.5 Å². The zero-order chi connectivity index (χ0) is 9.97. The maximum absolute atomic E-state index is 5.86.